The molecule has 0 amide bonds. The van der Waals surface area contributed by atoms with Gasteiger partial charge in [0.2, 0.25) is 11.8 Å². The third-order valence-electron chi connectivity index (χ3n) is 5.36. The average molecular weight is 523 g/mol. The molecule has 3 heterocycles. The average Bonchev–Trinajstić information content (AvgIpc) is 3.52. The molecular formula is C24H35ClN6O5. The molecule has 1 saturated heterocycles. The molecule has 11 nitrogen and oxygen atoms in total. The highest BCUT2D eigenvalue weighted by Crippen LogP contribution is 2.35. The summed E-state index contributed by atoms with van der Waals surface area (Å²) in [6.45, 7) is 7.01. The molecule has 2 aromatic heterocycles. The lowest BCUT2D eigenvalue weighted by Crippen LogP contribution is -2.31. The number of hydrogen-bond donors (Lipinski definition) is 4. The van der Waals surface area contributed by atoms with Gasteiger partial charge in [-0.2, -0.15) is 0 Å². The first-order valence-electron chi connectivity index (χ1n) is 11.6. The third kappa shape index (κ3) is 7.36. The van der Waals surface area contributed by atoms with E-state index in [0.29, 0.717) is 24.1 Å². The molecule has 0 saturated carbocycles. The predicted octanol–water partition coefficient (Wildman–Crippen LogP) is 2.33. The van der Waals surface area contributed by atoms with Crippen molar-refractivity contribution >= 4 is 17.5 Å². The Balaban J connectivity index is 0.00000109. The number of halogens is 1. The minimum Gasteiger partial charge on any atom is -0.481 e. The molecule has 3 aromatic rings. The summed E-state index contributed by atoms with van der Waals surface area (Å²) in [5, 5.41) is 36.5. The summed E-state index contributed by atoms with van der Waals surface area (Å²) in [7, 11) is 3.02. The standard InChI is InChI=1S/C21H24ClN5O5.C2H6.CH5N/c1-13-3-5-16(17(22)9-13)14-7-8-26(11-14)20-25-24-18(12-32-21(28,29)30)27(20)15-4-6-19(31-2)23-10-15;2*1-2/h3-6,9-10,14,28-30H,7-8,11-12H2,1-2H3;1-2H3;2H2,1H3. The van der Waals surface area contributed by atoms with Crippen molar-refractivity contribution in [3.05, 3.63) is 58.5 Å². The smallest absolute Gasteiger partial charge is 0.405 e. The van der Waals surface area contributed by atoms with Gasteiger partial charge in [-0.15, -0.1) is 10.2 Å². The van der Waals surface area contributed by atoms with Gasteiger partial charge < -0.3 is 30.7 Å². The lowest BCUT2D eigenvalue weighted by molar-refractivity contribution is -0.459. The second-order valence-corrected chi connectivity index (χ2v) is 8.04. The molecule has 5 N–H and O–H groups in total. The van der Waals surface area contributed by atoms with Gasteiger partial charge >= 0.3 is 6.16 Å². The van der Waals surface area contributed by atoms with Crippen LogP contribution >= 0.6 is 11.6 Å². The summed E-state index contributed by atoms with van der Waals surface area (Å²) < 4.78 is 11.5. The number of benzene rings is 1. The molecule has 1 fully saturated rings. The third-order valence-corrected chi connectivity index (χ3v) is 5.69. The number of aromatic nitrogens is 4. The van der Waals surface area contributed by atoms with Gasteiger partial charge in [0.25, 0.3) is 0 Å². The van der Waals surface area contributed by atoms with E-state index >= 15 is 0 Å². The van der Waals surface area contributed by atoms with Crippen molar-refractivity contribution in [1.82, 2.24) is 19.7 Å². The van der Waals surface area contributed by atoms with Crippen LogP contribution in [0.15, 0.2) is 36.5 Å². The Kier molecular flexibility index (Phi) is 11.0. The summed E-state index contributed by atoms with van der Waals surface area (Å²) in [6, 6.07) is 9.54. The highest BCUT2D eigenvalue weighted by Gasteiger charge is 2.30. The van der Waals surface area contributed by atoms with Gasteiger partial charge in [0.15, 0.2) is 5.82 Å². The minimum atomic E-state index is -3.28. The van der Waals surface area contributed by atoms with Crippen LogP contribution in [0.2, 0.25) is 5.02 Å². The van der Waals surface area contributed by atoms with Crippen LogP contribution in [0.25, 0.3) is 5.69 Å². The van der Waals surface area contributed by atoms with Crippen molar-refractivity contribution in [2.45, 2.75) is 45.9 Å². The van der Waals surface area contributed by atoms with E-state index in [2.05, 4.69) is 42.7 Å². The van der Waals surface area contributed by atoms with Crippen molar-refractivity contribution in [2.75, 3.05) is 32.1 Å². The summed E-state index contributed by atoms with van der Waals surface area (Å²) in [4.78, 5) is 6.30. The van der Waals surface area contributed by atoms with Crippen LogP contribution in [-0.2, 0) is 11.3 Å². The Morgan fingerprint density at radius 2 is 1.86 bits per heavy atom. The maximum atomic E-state index is 9.11. The van der Waals surface area contributed by atoms with Crippen LogP contribution in [0.4, 0.5) is 5.95 Å². The second-order valence-electron chi connectivity index (χ2n) is 7.63. The van der Waals surface area contributed by atoms with Gasteiger partial charge in [0.05, 0.1) is 19.0 Å². The fourth-order valence-corrected chi connectivity index (χ4v) is 4.21. The number of nitrogens with two attached hydrogens (primary N) is 1. The highest BCUT2D eigenvalue weighted by atomic mass is 35.5. The largest absolute Gasteiger partial charge is 0.481 e. The van der Waals surface area contributed by atoms with E-state index in [4.69, 9.17) is 31.7 Å². The molecule has 0 spiro atoms. The van der Waals surface area contributed by atoms with E-state index in [1.54, 1.807) is 22.9 Å². The number of hydrogen-bond acceptors (Lipinski definition) is 10. The summed E-state index contributed by atoms with van der Waals surface area (Å²) >= 11 is 6.49. The molecule has 1 aromatic carbocycles. The first-order chi connectivity index (χ1) is 17.2. The molecule has 1 aliphatic rings. The normalized spacial score (nSPS) is 15.1. The lowest BCUT2D eigenvalue weighted by Gasteiger charge is -2.20. The monoisotopic (exact) mass is 522 g/mol. The Bertz CT molecular complexity index is 1090. The predicted molar refractivity (Wildman–Crippen MR) is 137 cm³/mol. The SMILES string of the molecule is CC.CN.COc1ccc(-n2c(COC(O)(O)O)nnc2N2CCC(c3ccc(C)cc3Cl)C2)cn1. The van der Waals surface area contributed by atoms with Crippen LogP contribution < -0.4 is 15.4 Å². The summed E-state index contributed by atoms with van der Waals surface area (Å²) in [5.41, 5.74) is 7.32. The molecule has 12 heteroatoms. The first-order valence-corrected chi connectivity index (χ1v) is 12.0. The lowest BCUT2D eigenvalue weighted by atomic mass is 9.97. The quantitative estimate of drug-likeness (QED) is 0.340. The molecule has 0 radical (unpaired) electrons. The van der Waals surface area contributed by atoms with E-state index < -0.39 is 12.8 Å². The fourth-order valence-electron chi connectivity index (χ4n) is 3.82. The van der Waals surface area contributed by atoms with Crippen molar-refractivity contribution in [2.24, 2.45) is 5.73 Å². The van der Waals surface area contributed by atoms with Crippen molar-refractivity contribution in [3.63, 3.8) is 0 Å². The Labute approximate surface area is 216 Å². The fraction of sp³-hybridized carbons (Fsp3) is 0.458. The zero-order valence-electron chi connectivity index (χ0n) is 21.2. The van der Waals surface area contributed by atoms with Crippen molar-refractivity contribution in [1.29, 1.82) is 0 Å². The number of rotatable bonds is 7. The molecule has 4 rings (SSSR count). The zero-order valence-corrected chi connectivity index (χ0v) is 22.0. The maximum Gasteiger partial charge on any atom is 0.405 e. The number of aryl methyl sites for hydroxylation is 1. The molecular weight excluding hydrogens is 488 g/mol. The van der Waals surface area contributed by atoms with E-state index in [9.17, 15) is 0 Å². The number of nitrogens with zero attached hydrogens (tertiary/aromatic N) is 5. The Morgan fingerprint density at radius 3 is 2.44 bits per heavy atom. The summed E-state index contributed by atoms with van der Waals surface area (Å²) in [6.07, 6.45) is -0.810. The maximum absolute atomic E-state index is 9.11. The number of ether oxygens (including phenoxy) is 2. The molecule has 36 heavy (non-hydrogen) atoms. The van der Waals surface area contributed by atoms with Gasteiger partial charge in [-0.25, -0.2) is 4.98 Å². The van der Waals surface area contributed by atoms with E-state index in [0.717, 1.165) is 29.1 Å². The number of pyridine rings is 1. The van der Waals surface area contributed by atoms with Crippen LogP contribution in [0.3, 0.4) is 0 Å². The van der Waals surface area contributed by atoms with Crippen LogP contribution in [0.5, 0.6) is 5.88 Å². The van der Waals surface area contributed by atoms with E-state index in [1.807, 2.05) is 26.8 Å². The number of methoxy groups -OCH3 is 1. The van der Waals surface area contributed by atoms with Crippen LogP contribution in [-0.4, -0.2) is 68.5 Å². The van der Waals surface area contributed by atoms with Crippen LogP contribution in [0.1, 0.15) is 43.1 Å². The minimum absolute atomic E-state index is 0.224. The van der Waals surface area contributed by atoms with Crippen molar-refractivity contribution in [3.8, 4) is 11.6 Å². The van der Waals surface area contributed by atoms with Gasteiger partial charge in [-0.05, 0) is 43.7 Å². The molecule has 0 aliphatic carbocycles. The Hall–Kier alpha value is -2.80. The van der Waals surface area contributed by atoms with Crippen molar-refractivity contribution < 1.29 is 24.8 Å². The number of aliphatic hydroxyl groups is 3. The highest BCUT2D eigenvalue weighted by molar-refractivity contribution is 6.31. The van der Waals surface area contributed by atoms with Gasteiger partial charge in [-0.3, -0.25) is 9.30 Å². The van der Waals surface area contributed by atoms with Gasteiger partial charge in [0.1, 0.15) is 6.61 Å². The summed E-state index contributed by atoms with van der Waals surface area (Å²) in [5.74, 6) is 1.46. The topological polar surface area (TPSA) is 152 Å². The molecule has 198 valence electrons. The molecule has 1 unspecified atom stereocenters. The Morgan fingerprint density at radius 1 is 1.14 bits per heavy atom. The molecule has 1 aliphatic heterocycles. The molecule has 1 atom stereocenters. The van der Waals surface area contributed by atoms with Gasteiger partial charge in [-0.1, -0.05) is 37.6 Å². The van der Waals surface area contributed by atoms with E-state index in [1.165, 1.54) is 14.2 Å². The molecule has 0 bridgehead atoms. The van der Waals surface area contributed by atoms with Crippen LogP contribution in [0, 0.1) is 6.92 Å². The number of anilines is 1. The van der Waals surface area contributed by atoms with Gasteiger partial charge in [0, 0.05) is 30.1 Å². The second kappa shape index (κ2) is 13.5. The zero-order chi connectivity index (χ0) is 26.9. The van der Waals surface area contributed by atoms with E-state index in [-0.39, 0.29) is 11.7 Å². The first kappa shape index (κ1) is 29.4.